The van der Waals surface area contributed by atoms with Crippen LogP contribution in [0, 0.1) is 0 Å². The van der Waals surface area contributed by atoms with Gasteiger partial charge in [-0.25, -0.2) is 9.78 Å². The lowest BCUT2D eigenvalue weighted by Gasteiger charge is -2.09. The predicted molar refractivity (Wildman–Crippen MR) is 129 cm³/mol. The number of amides is 1. The number of aromatic amines is 1. The zero-order valence-corrected chi connectivity index (χ0v) is 20.2. The third-order valence-corrected chi connectivity index (χ3v) is 6.58. The maximum Gasteiger partial charge on any atom is 0.330 e. The molecule has 10 heteroatoms. The molecule has 0 spiro atoms. The van der Waals surface area contributed by atoms with E-state index < -0.39 is 11.2 Å². The number of unbranched alkanes of at least 4 members (excludes halogenated alkanes) is 3. The summed E-state index contributed by atoms with van der Waals surface area (Å²) in [5.74, 6) is 0.561. The van der Waals surface area contributed by atoms with Gasteiger partial charge in [0.05, 0.1) is 10.9 Å². The first kappa shape index (κ1) is 24.3. The average molecular weight is 480 g/mol. The van der Waals surface area contributed by atoms with Crippen molar-refractivity contribution in [2.75, 3.05) is 0 Å². The molecule has 0 atom stereocenters. The van der Waals surface area contributed by atoms with Gasteiger partial charge in [-0.3, -0.25) is 19.1 Å². The summed E-state index contributed by atoms with van der Waals surface area (Å²) < 4.78 is 4.12. The summed E-state index contributed by atoms with van der Waals surface area (Å²) in [4.78, 5) is 45.6. The minimum absolute atomic E-state index is 0.0982. The van der Waals surface area contributed by atoms with E-state index in [1.165, 1.54) is 11.3 Å². The molecule has 3 heterocycles. The Hall–Kier alpha value is -2.39. The highest BCUT2D eigenvalue weighted by atomic mass is 35.5. The van der Waals surface area contributed by atoms with Crippen LogP contribution in [0.5, 0.6) is 0 Å². The number of fused-ring (bicyclic) bond motifs is 1. The van der Waals surface area contributed by atoms with Gasteiger partial charge >= 0.3 is 5.69 Å². The Labute approximate surface area is 195 Å². The van der Waals surface area contributed by atoms with Crippen LogP contribution >= 0.6 is 22.9 Å². The van der Waals surface area contributed by atoms with Crippen molar-refractivity contribution in [3.8, 4) is 0 Å². The van der Waals surface area contributed by atoms with Crippen molar-refractivity contribution < 1.29 is 4.79 Å². The van der Waals surface area contributed by atoms with Crippen molar-refractivity contribution in [2.45, 2.75) is 78.4 Å². The molecule has 1 amide bonds. The number of aromatic nitrogens is 4. The average Bonchev–Trinajstić information content (AvgIpc) is 3.34. The van der Waals surface area contributed by atoms with Crippen molar-refractivity contribution in [3.05, 3.63) is 48.0 Å². The maximum absolute atomic E-state index is 12.7. The Bertz CT molecular complexity index is 1180. The van der Waals surface area contributed by atoms with Crippen molar-refractivity contribution in [1.82, 2.24) is 24.4 Å². The maximum atomic E-state index is 12.7. The third kappa shape index (κ3) is 5.89. The highest BCUT2D eigenvalue weighted by Crippen LogP contribution is 2.21. The van der Waals surface area contributed by atoms with Crippen LogP contribution in [0.25, 0.3) is 11.2 Å². The molecule has 32 heavy (non-hydrogen) atoms. The van der Waals surface area contributed by atoms with Crippen LogP contribution in [0.2, 0.25) is 4.34 Å². The highest BCUT2D eigenvalue weighted by Gasteiger charge is 2.19. The Morgan fingerprint density at radius 3 is 2.56 bits per heavy atom. The van der Waals surface area contributed by atoms with E-state index in [1.54, 1.807) is 4.57 Å². The minimum Gasteiger partial charge on any atom is -0.351 e. The summed E-state index contributed by atoms with van der Waals surface area (Å²) in [6.45, 7) is 5.72. The van der Waals surface area contributed by atoms with Gasteiger partial charge in [0.2, 0.25) is 5.91 Å². The Morgan fingerprint density at radius 1 is 1.12 bits per heavy atom. The molecule has 0 saturated carbocycles. The SMILES string of the molecule is CCCCCn1c(CCC(=O)NCc2ccc(Cl)s2)nc2c1c(=O)[nH]c(=O)n2CCCC. The zero-order valence-electron chi connectivity index (χ0n) is 18.6. The van der Waals surface area contributed by atoms with Crippen LogP contribution in [-0.2, 0) is 30.8 Å². The summed E-state index contributed by atoms with van der Waals surface area (Å²) >= 11 is 7.37. The standard InChI is InChI=1S/C22H30ClN5O3S/c1-3-5-7-13-27-17(10-11-18(29)24-14-15-8-9-16(23)32-15)25-20-19(27)21(30)26-22(31)28(20)12-6-4-2/h8-9H,3-7,10-14H2,1-2H3,(H,24,29)(H,26,30,31). The van der Waals surface area contributed by atoms with Gasteiger partial charge in [-0.15, -0.1) is 11.3 Å². The largest absolute Gasteiger partial charge is 0.351 e. The van der Waals surface area contributed by atoms with Crippen LogP contribution in [0.15, 0.2) is 21.7 Å². The molecule has 0 radical (unpaired) electrons. The fourth-order valence-electron chi connectivity index (χ4n) is 3.64. The topological polar surface area (TPSA) is 102 Å². The number of imidazole rings is 1. The normalized spacial score (nSPS) is 11.3. The molecule has 0 unspecified atom stereocenters. The van der Waals surface area contributed by atoms with Gasteiger partial charge in [0.1, 0.15) is 5.82 Å². The highest BCUT2D eigenvalue weighted by molar-refractivity contribution is 7.16. The monoisotopic (exact) mass is 479 g/mol. The van der Waals surface area contributed by atoms with E-state index in [2.05, 4.69) is 22.2 Å². The van der Waals surface area contributed by atoms with Crippen LogP contribution in [-0.4, -0.2) is 25.0 Å². The number of hydrogen-bond acceptors (Lipinski definition) is 5. The molecule has 0 aliphatic heterocycles. The number of nitrogens with zero attached hydrogens (tertiary/aromatic N) is 3. The first-order chi connectivity index (χ1) is 15.4. The van der Waals surface area contributed by atoms with E-state index in [4.69, 9.17) is 11.6 Å². The molecule has 174 valence electrons. The molecule has 0 saturated heterocycles. The van der Waals surface area contributed by atoms with Crippen molar-refractivity contribution in [3.63, 3.8) is 0 Å². The van der Waals surface area contributed by atoms with Gasteiger partial charge in [0, 0.05) is 30.8 Å². The molecule has 0 aliphatic rings. The molecule has 0 aliphatic carbocycles. The summed E-state index contributed by atoms with van der Waals surface area (Å²) in [6.07, 6.45) is 5.34. The smallest absolute Gasteiger partial charge is 0.330 e. The number of carbonyl (C=O) groups is 1. The molecule has 0 bridgehead atoms. The molecule has 0 aromatic carbocycles. The second-order valence-electron chi connectivity index (χ2n) is 7.81. The Morgan fingerprint density at radius 2 is 1.88 bits per heavy atom. The number of halogens is 1. The lowest BCUT2D eigenvalue weighted by molar-refractivity contribution is -0.121. The molecule has 2 N–H and O–H groups in total. The fraction of sp³-hybridized carbons (Fsp3) is 0.545. The lowest BCUT2D eigenvalue weighted by Crippen LogP contribution is -2.31. The van der Waals surface area contributed by atoms with Crippen molar-refractivity contribution in [1.29, 1.82) is 0 Å². The van der Waals surface area contributed by atoms with Crippen molar-refractivity contribution in [2.24, 2.45) is 0 Å². The number of H-pyrrole nitrogens is 1. The number of hydrogen-bond donors (Lipinski definition) is 2. The van der Waals surface area contributed by atoms with Gasteiger partial charge in [-0.05, 0) is 25.0 Å². The minimum atomic E-state index is -0.437. The molecule has 3 rings (SSSR count). The quantitative estimate of drug-likeness (QED) is 0.385. The first-order valence-corrected chi connectivity index (χ1v) is 12.4. The first-order valence-electron chi connectivity index (χ1n) is 11.2. The molecule has 8 nitrogen and oxygen atoms in total. The number of thiophene rings is 1. The Balaban J connectivity index is 1.84. The third-order valence-electron chi connectivity index (χ3n) is 5.35. The van der Waals surface area contributed by atoms with Crippen LogP contribution in [0.4, 0.5) is 0 Å². The van der Waals surface area contributed by atoms with Gasteiger partial charge in [0.25, 0.3) is 5.56 Å². The zero-order chi connectivity index (χ0) is 23.1. The summed E-state index contributed by atoms with van der Waals surface area (Å²) in [7, 11) is 0. The number of aryl methyl sites for hydroxylation is 3. The second-order valence-corrected chi connectivity index (χ2v) is 9.61. The predicted octanol–water partition coefficient (Wildman–Crippen LogP) is 3.84. The summed E-state index contributed by atoms with van der Waals surface area (Å²) in [6, 6.07) is 3.70. The molecule has 3 aromatic rings. The van der Waals surface area contributed by atoms with Crippen LogP contribution in [0.3, 0.4) is 0 Å². The number of rotatable bonds is 12. The second kappa shape index (κ2) is 11.5. The van der Waals surface area contributed by atoms with Crippen LogP contribution < -0.4 is 16.6 Å². The number of nitrogens with one attached hydrogen (secondary N) is 2. The van der Waals surface area contributed by atoms with E-state index in [9.17, 15) is 14.4 Å². The van der Waals surface area contributed by atoms with E-state index in [1.807, 2.05) is 23.6 Å². The van der Waals surface area contributed by atoms with Crippen molar-refractivity contribution >= 4 is 40.0 Å². The van der Waals surface area contributed by atoms with Gasteiger partial charge < -0.3 is 9.88 Å². The molecule has 3 aromatic heterocycles. The summed E-state index contributed by atoms with van der Waals surface area (Å²) in [5, 5.41) is 2.90. The van der Waals surface area contributed by atoms with Crippen LogP contribution in [0.1, 0.15) is 63.1 Å². The molecular weight excluding hydrogens is 450 g/mol. The number of carbonyl (C=O) groups excluding carboxylic acids is 1. The van der Waals surface area contributed by atoms with E-state index >= 15 is 0 Å². The molecular formula is C22H30ClN5O3S. The Kier molecular flexibility index (Phi) is 8.69. The van der Waals surface area contributed by atoms with E-state index in [0.29, 0.717) is 47.4 Å². The summed E-state index contributed by atoms with van der Waals surface area (Å²) in [5.41, 5.74) is -0.0344. The van der Waals surface area contributed by atoms with Gasteiger partial charge in [-0.1, -0.05) is 44.7 Å². The lowest BCUT2D eigenvalue weighted by atomic mass is 10.2. The fourth-order valence-corrected chi connectivity index (χ4v) is 4.67. The van der Waals surface area contributed by atoms with Gasteiger partial charge in [0.15, 0.2) is 11.2 Å². The van der Waals surface area contributed by atoms with E-state index in [-0.39, 0.29) is 12.3 Å². The molecule has 0 fully saturated rings. The van der Waals surface area contributed by atoms with Gasteiger partial charge in [-0.2, -0.15) is 0 Å². The van der Waals surface area contributed by atoms with E-state index in [0.717, 1.165) is 37.0 Å².